The zero-order valence-electron chi connectivity index (χ0n) is 25.7. The van der Waals surface area contributed by atoms with Crippen LogP contribution in [-0.4, -0.2) is 23.3 Å². The summed E-state index contributed by atoms with van der Waals surface area (Å²) in [5.41, 5.74) is 9.11. The monoisotopic (exact) mass is 617 g/mol. The number of aromatic nitrogens is 5. The van der Waals surface area contributed by atoms with Crippen LogP contribution >= 0.6 is 0 Å². The topological polar surface area (TPSA) is 49.7 Å². The van der Waals surface area contributed by atoms with Crippen molar-refractivity contribution in [1.29, 1.82) is 0 Å². The molecule has 4 aromatic heterocycles. The van der Waals surface area contributed by atoms with Gasteiger partial charge in [0.2, 0.25) is 0 Å². The molecule has 0 spiro atoms. The quantitative estimate of drug-likeness (QED) is 0.198. The molecular weight excluding hydrogens is 590 g/mol. The Kier molecular flexibility index (Phi) is 5.63. The third kappa shape index (κ3) is 3.74. The second-order valence-electron chi connectivity index (χ2n) is 12.1. The first-order valence-corrected chi connectivity index (χ1v) is 16.0. The Hall–Kier alpha value is -6.66. The molecule has 0 saturated carbocycles. The summed E-state index contributed by atoms with van der Waals surface area (Å²) in [6.45, 7) is 0. The summed E-state index contributed by atoms with van der Waals surface area (Å²) < 4.78 is 8.03. The van der Waals surface area contributed by atoms with Gasteiger partial charge in [0.05, 0.1) is 39.0 Å². The van der Waals surface area contributed by atoms with Gasteiger partial charge in [-0.15, -0.1) is 0 Å². The van der Waals surface area contributed by atoms with Crippen molar-refractivity contribution in [2.75, 3.05) is 0 Å². The van der Waals surface area contributed by atoms with Crippen molar-refractivity contribution in [2.24, 2.45) is 0 Å². The maximum absolute atomic E-state index is 14.6. The van der Waals surface area contributed by atoms with Gasteiger partial charge in [0.1, 0.15) is 0 Å². The van der Waals surface area contributed by atoms with Gasteiger partial charge >= 0.3 is 5.69 Å². The number of hydrogen-bond acceptors (Lipinski definition) is 2. The number of benzene rings is 6. The maximum atomic E-state index is 14.6. The zero-order valence-corrected chi connectivity index (χ0v) is 25.7. The molecule has 0 amide bonds. The number of pyridine rings is 1. The largest absolute Gasteiger partial charge is 0.339 e. The molecule has 0 unspecified atom stereocenters. The molecule has 0 aliphatic carbocycles. The van der Waals surface area contributed by atoms with Crippen molar-refractivity contribution < 1.29 is 0 Å². The molecule has 226 valence electrons. The first kappa shape index (κ1) is 26.5. The average Bonchev–Trinajstić information content (AvgIpc) is 3.77. The van der Waals surface area contributed by atoms with E-state index in [9.17, 15) is 4.79 Å². The van der Waals surface area contributed by atoms with Crippen LogP contribution in [0.3, 0.4) is 0 Å². The van der Waals surface area contributed by atoms with E-state index in [4.69, 9.17) is 4.98 Å². The summed E-state index contributed by atoms with van der Waals surface area (Å²) in [7, 11) is 0. The molecule has 10 rings (SSSR count). The fourth-order valence-electron chi connectivity index (χ4n) is 7.46. The van der Waals surface area contributed by atoms with E-state index < -0.39 is 0 Å². The third-order valence-corrected chi connectivity index (χ3v) is 9.45. The normalized spacial score (nSPS) is 11.8. The first-order valence-electron chi connectivity index (χ1n) is 16.0. The molecule has 4 heterocycles. The lowest BCUT2D eigenvalue weighted by Gasteiger charge is -2.11. The van der Waals surface area contributed by atoms with Crippen molar-refractivity contribution in [1.82, 2.24) is 23.3 Å². The van der Waals surface area contributed by atoms with Crippen LogP contribution in [0.25, 0.3) is 77.5 Å². The fourth-order valence-corrected chi connectivity index (χ4v) is 7.46. The molecule has 6 nitrogen and oxygen atoms in total. The highest BCUT2D eigenvalue weighted by Crippen LogP contribution is 2.34. The van der Waals surface area contributed by atoms with Crippen LogP contribution in [-0.2, 0) is 0 Å². The van der Waals surface area contributed by atoms with Crippen LogP contribution in [0.15, 0.2) is 169 Å². The Morgan fingerprint density at radius 1 is 0.354 bits per heavy atom. The summed E-state index contributed by atoms with van der Waals surface area (Å²) >= 11 is 0. The smallest absolute Gasteiger partial charge is 0.309 e. The van der Waals surface area contributed by atoms with Crippen LogP contribution in [0.5, 0.6) is 0 Å². The molecule has 10 aromatic rings. The highest BCUT2D eigenvalue weighted by Gasteiger charge is 2.20. The zero-order chi connectivity index (χ0) is 31.8. The molecule has 48 heavy (non-hydrogen) atoms. The number of rotatable bonds is 4. The Balaban J connectivity index is 1.18. The highest BCUT2D eigenvalue weighted by molar-refractivity contribution is 6.10. The van der Waals surface area contributed by atoms with Crippen LogP contribution in [0.2, 0.25) is 0 Å². The van der Waals surface area contributed by atoms with Crippen molar-refractivity contribution >= 4 is 54.8 Å². The van der Waals surface area contributed by atoms with Crippen LogP contribution in [0, 0.1) is 0 Å². The first-order chi connectivity index (χ1) is 23.8. The van der Waals surface area contributed by atoms with Gasteiger partial charge in [-0.3, -0.25) is 4.57 Å². The molecule has 0 aliphatic rings. The SMILES string of the molecule is O=c1n(-c2cccc(-n3c4ccccc4c4ccccc43)c2)c2cccnc2n1-c1cccc(-n2c3ccccc3c3ccccc32)c1. The minimum absolute atomic E-state index is 0.178. The van der Waals surface area contributed by atoms with E-state index in [2.05, 4.69) is 130 Å². The van der Waals surface area contributed by atoms with Gasteiger partial charge < -0.3 is 9.13 Å². The van der Waals surface area contributed by atoms with Gasteiger partial charge in [-0.1, -0.05) is 84.9 Å². The number of hydrogen-bond donors (Lipinski definition) is 0. The maximum Gasteiger partial charge on any atom is 0.339 e. The molecule has 6 aromatic carbocycles. The van der Waals surface area contributed by atoms with Crippen molar-refractivity contribution in [3.63, 3.8) is 0 Å². The fraction of sp³-hybridized carbons (Fsp3) is 0. The lowest BCUT2D eigenvalue weighted by molar-refractivity contribution is 0.922. The second kappa shape index (κ2) is 10.2. The van der Waals surface area contributed by atoms with E-state index in [1.54, 1.807) is 15.3 Å². The molecule has 0 fully saturated rings. The molecule has 0 saturated heterocycles. The van der Waals surface area contributed by atoms with E-state index >= 15 is 0 Å². The van der Waals surface area contributed by atoms with Crippen LogP contribution in [0.1, 0.15) is 0 Å². The Labute approximate surface area is 274 Å². The van der Waals surface area contributed by atoms with E-state index in [0.717, 1.165) is 50.3 Å². The van der Waals surface area contributed by atoms with E-state index in [1.807, 2.05) is 36.4 Å². The summed E-state index contributed by atoms with van der Waals surface area (Å²) in [6, 6.07) is 54.0. The Morgan fingerprint density at radius 3 is 1.19 bits per heavy atom. The molecular formula is C42H27N5O. The average molecular weight is 618 g/mol. The minimum Gasteiger partial charge on any atom is -0.309 e. The predicted octanol–water partition coefficient (Wildman–Crippen LogP) is 9.37. The summed E-state index contributed by atoms with van der Waals surface area (Å²) in [5, 5.41) is 4.77. The van der Waals surface area contributed by atoms with Crippen molar-refractivity contribution in [3.8, 4) is 22.7 Å². The third-order valence-electron chi connectivity index (χ3n) is 9.45. The van der Waals surface area contributed by atoms with Gasteiger partial charge in [-0.2, -0.15) is 0 Å². The van der Waals surface area contributed by atoms with Crippen LogP contribution in [0.4, 0.5) is 0 Å². The number of nitrogens with zero attached hydrogens (tertiary/aromatic N) is 5. The predicted molar refractivity (Wildman–Crippen MR) is 195 cm³/mol. The van der Waals surface area contributed by atoms with Gasteiger partial charge in [0.15, 0.2) is 5.65 Å². The molecule has 0 atom stereocenters. The second-order valence-corrected chi connectivity index (χ2v) is 12.1. The molecule has 0 radical (unpaired) electrons. The van der Waals surface area contributed by atoms with Crippen LogP contribution < -0.4 is 5.69 Å². The van der Waals surface area contributed by atoms with Crippen molar-refractivity contribution in [3.05, 3.63) is 174 Å². The number of fused-ring (bicyclic) bond motifs is 7. The summed E-state index contributed by atoms with van der Waals surface area (Å²) in [5.74, 6) is 0. The highest BCUT2D eigenvalue weighted by atomic mass is 16.1. The molecule has 0 N–H and O–H groups in total. The van der Waals surface area contributed by atoms with Gasteiger partial charge in [0.25, 0.3) is 0 Å². The lowest BCUT2D eigenvalue weighted by Crippen LogP contribution is -2.22. The molecule has 6 heteroatoms. The van der Waals surface area contributed by atoms with Gasteiger partial charge in [-0.25, -0.2) is 14.3 Å². The van der Waals surface area contributed by atoms with Crippen molar-refractivity contribution in [2.45, 2.75) is 0 Å². The van der Waals surface area contributed by atoms with E-state index in [-0.39, 0.29) is 5.69 Å². The Morgan fingerprint density at radius 2 is 0.729 bits per heavy atom. The lowest BCUT2D eigenvalue weighted by atomic mass is 10.2. The Bertz CT molecular complexity index is 2630. The standard InChI is InChI=1S/C42H27N5O/c48-42-46(30-14-9-12-28(26-30)44-36-20-5-1-16-32(36)33-17-2-6-21-37(33)44)40-24-11-25-43-41(40)47(42)31-15-10-13-29(27-31)45-38-22-7-3-18-34(38)35-19-4-8-23-39(35)45/h1-27H. The van der Waals surface area contributed by atoms with E-state index in [1.165, 1.54) is 21.5 Å². The molecule has 0 aliphatic heterocycles. The minimum atomic E-state index is -0.178. The molecule has 0 bridgehead atoms. The number of imidazole rings is 1. The number of para-hydroxylation sites is 4. The van der Waals surface area contributed by atoms with Gasteiger partial charge in [-0.05, 0) is 72.8 Å². The summed E-state index contributed by atoms with van der Waals surface area (Å²) in [4.78, 5) is 19.3. The summed E-state index contributed by atoms with van der Waals surface area (Å²) in [6.07, 6.45) is 1.74. The van der Waals surface area contributed by atoms with E-state index in [0.29, 0.717) is 5.65 Å². The van der Waals surface area contributed by atoms with Gasteiger partial charge in [0, 0.05) is 39.1 Å².